The summed E-state index contributed by atoms with van der Waals surface area (Å²) in [5, 5.41) is 0. The Morgan fingerprint density at radius 3 is 2.00 bits per heavy atom. The van der Waals surface area contributed by atoms with Gasteiger partial charge in [0.15, 0.2) is 5.92 Å². The van der Waals surface area contributed by atoms with Crippen molar-refractivity contribution in [2.45, 2.75) is 50.8 Å². The van der Waals surface area contributed by atoms with Crippen LogP contribution in [-0.4, -0.2) is 36.5 Å². The van der Waals surface area contributed by atoms with Crippen LogP contribution in [0, 0.1) is 29.6 Å². The summed E-state index contributed by atoms with van der Waals surface area (Å²) in [4.78, 5) is 12.1. The van der Waals surface area contributed by atoms with Gasteiger partial charge in [0, 0.05) is 0 Å². The van der Waals surface area contributed by atoms with Crippen LogP contribution < -0.4 is 0 Å². The molecular weight excluding hydrogens is 349 g/mol. The molecule has 4 rings (SSSR count). The van der Waals surface area contributed by atoms with Gasteiger partial charge in [-0.1, -0.05) is 0 Å². The molecular formula is C15H20F3O5S-. The standard InChI is InChI=1S/C15H21F3O5S/c1-14(10-3-8-2-9(5-10)6-11(14)4-8)23-13(19)12(15(16,17)18)7-24(20,21)22/h8-12H,2-7H2,1H3,(H,20,21,22)/p-1. The molecule has 5 nitrogen and oxygen atoms in total. The normalized spacial score (nSPS) is 39.7. The number of alkyl halides is 3. The summed E-state index contributed by atoms with van der Waals surface area (Å²) in [6, 6.07) is 0. The van der Waals surface area contributed by atoms with Crippen LogP contribution in [0.4, 0.5) is 13.2 Å². The first-order valence-electron chi connectivity index (χ1n) is 8.11. The lowest BCUT2D eigenvalue weighted by Gasteiger charge is -2.59. The molecule has 24 heavy (non-hydrogen) atoms. The average molecular weight is 369 g/mol. The molecule has 4 saturated carbocycles. The quantitative estimate of drug-likeness (QED) is 0.561. The van der Waals surface area contributed by atoms with E-state index in [1.165, 1.54) is 0 Å². The van der Waals surface area contributed by atoms with Gasteiger partial charge in [0.25, 0.3) is 0 Å². The zero-order valence-corrected chi connectivity index (χ0v) is 14.0. The molecule has 0 amide bonds. The fraction of sp³-hybridized carbons (Fsp3) is 0.933. The van der Waals surface area contributed by atoms with Crippen molar-refractivity contribution in [1.29, 1.82) is 0 Å². The van der Waals surface area contributed by atoms with E-state index in [1.807, 2.05) is 0 Å². The van der Waals surface area contributed by atoms with E-state index in [0.29, 0.717) is 11.8 Å². The van der Waals surface area contributed by atoms with Gasteiger partial charge in [0.05, 0.1) is 15.9 Å². The highest BCUT2D eigenvalue weighted by molar-refractivity contribution is 7.85. The summed E-state index contributed by atoms with van der Waals surface area (Å²) in [6.07, 6.45) is -0.686. The zero-order valence-electron chi connectivity index (χ0n) is 13.2. The molecule has 9 heteroatoms. The summed E-state index contributed by atoms with van der Waals surface area (Å²) < 4.78 is 76.6. The van der Waals surface area contributed by atoms with Crippen LogP contribution in [0.1, 0.15) is 39.0 Å². The minimum absolute atomic E-state index is 0.00967. The van der Waals surface area contributed by atoms with Crippen molar-refractivity contribution in [1.82, 2.24) is 0 Å². The van der Waals surface area contributed by atoms with E-state index in [9.17, 15) is 30.9 Å². The van der Waals surface area contributed by atoms with Crippen molar-refractivity contribution < 1.29 is 35.7 Å². The Bertz CT molecular complexity index is 600. The molecule has 4 bridgehead atoms. The fourth-order valence-electron chi connectivity index (χ4n) is 5.07. The van der Waals surface area contributed by atoms with Crippen LogP contribution in [0.25, 0.3) is 0 Å². The predicted octanol–water partition coefficient (Wildman–Crippen LogP) is 2.47. The highest BCUT2D eigenvalue weighted by atomic mass is 32.2. The second kappa shape index (κ2) is 5.59. The largest absolute Gasteiger partial charge is 0.748 e. The topological polar surface area (TPSA) is 83.5 Å². The van der Waals surface area contributed by atoms with Gasteiger partial charge in [0.1, 0.15) is 5.60 Å². The third-order valence-corrected chi connectivity index (χ3v) is 6.87. The zero-order chi connectivity index (χ0) is 17.9. The van der Waals surface area contributed by atoms with Crippen LogP contribution in [0.15, 0.2) is 0 Å². The van der Waals surface area contributed by atoms with Crippen molar-refractivity contribution in [3.8, 4) is 0 Å². The van der Waals surface area contributed by atoms with Crippen LogP contribution in [0.5, 0.6) is 0 Å². The molecule has 0 aromatic heterocycles. The van der Waals surface area contributed by atoms with Gasteiger partial charge in [-0.25, -0.2) is 8.42 Å². The Balaban J connectivity index is 1.79. The van der Waals surface area contributed by atoms with E-state index >= 15 is 0 Å². The Kier molecular flexibility index (Phi) is 4.18. The molecule has 1 atom stereocenters. The van der Waals surface area contributed by atoms with Gasteiger partial charge < -0.3 is 9.29 Å². The minimum Gasteiger partial charge on any atom is -0.748 e. The number of rotatable bonds is 4. The first-order valence-corrected chi connectivity index (χ1v) is 9.69. The van der Waals surface area contributed by atoms with Crippen molar-refractivity contribution in [3.63, 3.8) is 0 Å². The molecule has 4 fully saturated rings. The molecule has 0 saturated heterocycles. The second-order valence-corrected chi connectivity index (χ2v) is 9.18. The number of carbonyl (C=O) groups is 1. The van der Waals surface area contributed by atoms with Gasteiger partial charge in [0.2, 0.25) is 0 Å². The first kappa shape index (κ1) is 18.0. The SMILES string of the molecule is CC1(OC(=O)C(CS(=O)(=O)[O-])C(F)(F)F)C2CC3CC(C2)CC1C3. The molecule has 0 N–H and O–H groups in total. The van der Waals surface area contributed by atoms with E-state index in [4.69, 9.17) is 4.74 Å². The highest BCUT2D eigenvalue weighted by Crippen LogP contribution is 2.59. The Morgan fingerprint density at radius 2 is 1.62 bits per heavy atom. The number of hydrogen-bond donors (Lipinski definition) is 0. The van der Waals surface area contributed by atoms with Crippen molar-refractivity contribution in [3.05, 3.63) is 0 Å². The van der Waals surface area contributed by atoms with E-state index < -0.39 is 39.5 Å². The minimum atomic E-state index is -5.20. The lowest BCUT2D eigenvalue weighted by Crippen LogP contribution is -2.59. The highest BCUT2D eigenvalue weighted by Gasteiger charge is 2.58. The Morgan fingerprint density at radius 1 is 1.17 bits per heavy atom. The summed E-state index contributed by atoms with van der Waals surface area (Å²) in [5.74, 6) is -5.28. The van der Waals surface area contributed by atoms with Crippen molar-refractivity contribution >= 4 is 16.1 Å². The van der Waals surface area contributed by atoms with Gasteiger partial charge in [-0.2, -0.15) is 13.2 Å². The first-order chi connectivity index (χ1) is 10.9. The van der Waals surface area contributed by atoms with Crippen molar-refractivity contribution in [2.24, 2.45) is 29.6 Å². The van der Waals surface area contributed by atoms with Crippen LogP contribution >= 0.6 is 0 Å². The van der Waals surface area contributed by atoms with E-state index in [0.717, 1.165) is 32.1 Å². The maximum atomic E-state index is 13.0. The van der Waals surface area contributed by atoms with E-state index in [1.54, 1.807) is 6.92 Å². The van der Waals surface area contributed by atoms with Gasteiger partial charge in [-0.3, -0.25) is 4.79 Å². The molecule has 4 aliphatic carbocycles. The molecule has 0 radical (unpaired) electrons. The maximum absolute atomic E-state index is 13.0. The molecule has 4 aliphatic rings. The van der Waals surface area contributed by atoms with Crippen LogP contribution in [0.3, 0.4) is 0 Å². The van der Waals surface area contributed by atoms with Crippen LogP contribution in [0.2, 0.25) is 0 Å². The molecule has 0 heterocycles. The van der Waals surface area contributed by atoms with Crippen molar-refractivity contribution in [2.75, 3.05) is 5.75 Å². The summed E-state index contributed by atoms with van der Waals surface area (Å²) in [7, 11) is -5.20. The predicted molar refractivity (Wildman–Crippen MR) is 75.7 cm³/mol. The van der Waals surface area contributed by atoms with Crippen LogP contribution in [-0.2, 0) is 19.6 Å². The number of carbonyl (C=O) groups excluding carboxylic acids is 1. The second-order valence-electron chi connectivity index (χ2n) is 7.73. The van der Waals surface area contributed by atoms with E-state index in [2.05, 4.69) is 0 Å². The summed E-state index contributed by atoms with van der Waals surface area (Å²) in [5.41, 5.74) is -0.999. The average Bonchev–Trinajstić information content (AvgIpc) is 2.39. The van der Waals surface area contributed by atoms with Gasteiger partial charge >= 0.3 is 12.1 Å². The molecule has 1 unspecified atom stereocenters. The molecule has 0 spiro atoms. The molecule has 0 aromatic carbocycles. The molecule has 0 aliphatic heterocycles. The number of halogens is 3. The summed E-state index contributed by atoms with van der Waals surface area (Å²) >= 11 is 0. The lowest BCUT2D eigenvalue weighted by atomic mass is 9.50. The fourth-order valence-corrected chi connectivity index (χ4v) is 5.81. The molecule has 0 aromatic rings. The van der Waals surface area contributed by atoms with Gasteiger partial charge in [-0.05, 0) is 62.7 Å². The number of hydrogen-bond acceptors (Lipinski definition) is 5. The summed E-state index contributed by atoms with van der Waals surface area (Å²) in [6.45, 7) is 1.66. The Hall–Kier alpha value is -0.830. The third-order valence-electron chi connectivity index (χ3n) is 6.13. The van der Waals surface area contributed by atoms with E-state index in [-0.39, 0.29) is 11.8 Å². The number of ether oxygens (including phenoxy) is 1. The Labute approximate surface area is 138 Å². The molecule has 138 valence electrons. The number of esters is 1. The lowest BCUT2D eigenvalue weighted by molar-refractivity contribution is -0.227. The maximum Gasteiger partial charge on any atom is 0.403 e. The monoisotopic (exact) mass is 369 g/mol. The van der Waals surface area contributed by atoms with Gasteiger partial charge in [-0.15, -0.1) is 0 Å². The third kappa shape index (κ3) is 3.29. The smallest absolute Gasteiger partial charge is 0.403 e.